The Morgan fingerprint density at radius 3 is 2.48 bits per heavy atom. The average Bonchev–Trinajstić information content (AvgIpc) is 2.94. The monoisotopic (exact) mass is 394 g/mol. The fraction of sp³-hybridized carbons (Fsp3) is 0.348. The molecule has 0 unspecified atom stereocenters. The number of amides is 1. The molecule has 1 aromatic heterocycles. The maximum atomic E-state index is 12.8. The zero-order valence-corrected chi connectivity index (χ0v) is 17.7. The van der Waals surface area contributed by atoms with Crippen LogP contribution in [0.3, 0.4) is 0 Å². The third kappa shape index (κ3) is 4.16. The highest BCUT2D eigenvalue weighted by Crippen LogP contribution is 2.19. The van der Waals surface area contributed by atoms with Crippen LogP contribution in [-0.4, -0.2) is 23.1 Å². The summed E-state index contributed by atoms with van der Waals surface area (Å²) in [6.45, 7) is 11.1. The zero-order valence-electron chi connectivity index (χ0n) is 17.7. The van der Waals surface area contributed by atoms with Crippen molar-refractivity contribution in [2.45, 2.75) is 47.7 Å². The van der Waals surface area contributed by atoms with E-state index in [1.807, 2.05) is 49.6 Å². The van der Waals surface area contributed by atoms with Gasteiger partial charge in [-0.05, 0) is 51.5 Å². The molecule has 1 amide bonds. The van der Waals surface area contributed by atoms with Gasteiger partial charge in [0, 0.05) is 18.7 Å². The molecule has 2 aromatic carbocycles. The summed E-state index contributed by atoms with van der Waals surface area (Å²) in [5.41, 5.74) is 5.30. The Hall–Kier alpha value is -3.15. The molecule has 29 heavy (non-hydrogen) atoms. The molecule has 0 aliphatic carbocycles. The van der Waals surface area contributed by atoms with Gasteiger partial charge in [-0.15, -0.1) is 0 Å². The molecule has 1 N–H and O–H groups in total. The number of anilines is 1. The third-order valence-corrected chi connectivity index (χ3v) is 5.12. The van der Waals surface area contributed by atoms with Gasteiger partial charge in [-0.3, -0.25) is 4.79 Å². The number of imidazole rings is 1. The Bertz CT molecular complexity index is 1080. The molecule has 0 aliphatic rings. The van der Waals surface area contributed by atoms with Crippen molar-refractivity contribution in [2.24, 2.45) is 0 Å². The molecule has 6 nitrogen and oxygen atoms in total. The standard InChI is InChI=1S/C23H27N3O3/c1-6-25-17(5)26(14-22(27)24-19-10-8-15(3)12-16(19)4)21-13-18(9-11-20(21)25)23(28)29-7-2/h8-13H,6-7,14H2,1-5H3/p+1. The van der Waals surface area contributed by atoms with Gasteiger partial charge in [0.05, 0.1) is 18.7 Å². The Labute approximate surface area is 171 Å². The number of aromatic nitrogens is 2. The maximum Gasteiger partial charge on any atom is 0.338 e. The highest BCUT2D eigenvalue weighted by atomic mass is 16.5. The first-order chi connectivity index (χ1) is 13.8. The Kier molecular flexibility index (Phi) is 6.01. The van der Waals surface area contributed by atoms with E-state index >= 15 is 0 Å². The van der Waals surface area contributed by atoms with Gasteiger partial charge in [0.25, 0.3) is 11.7 Å². The van der Waals surface area contributed by atoms with Crippen LogP contribution in [0.4, 0.5) is 5.69 Å². The summed E-state index contributed by atoms with van der Waals surface area (Å²) in [5, 5.41) is 3.00. The molecule has 0 fully saturated rings. The van der Waals surface area contributed by atoms with Crippen molar-refractivity contribution in [3.8, 4) is 0 Å². The van der Waals surface area contributed by atoms with Crippen LogP contribution >= 0.6 is 0 Å². The number of hydrogen-bond acceptors (Lipinski definition) is 3. The highest BCUT2D eigenvalue weighted by molar-refractivity contribution is 5.95. The highest BCUT2D eigenvalue weighted by Gasteiger charge is 2.24. The summed E-state index contributed by atoms with van der Waals surface area (Å²) in [5.74, 6) is 0.489. The van der Waals surface area contributed by atoms with E-state index in [0.29, 0.717) is 12.2 Å². The minimum Gasteiger partial charge on any atom is -0.462 e. The molecule has 6 heteroatoms. The number of ether oxygens (including phenoxy) is 1. The van der Waals surface area contributed by atoms with Gasteiger partial charge >= 0.3 is 5.97 Å². The summed E-state index contributed by atoms with van der Waals surface area (Å²) < 4.78 is 9.21. The van der Waals surface area contributed by atoms with E-state index in [2.05, 4.69) is 16.8 Å². The number of carbonyl (C=O) groups excluding carboxylic acids is 2. The number of fused-ring (bicyclic) bond motifs is 1. The minimum atomic E-state index is -0.359. The van der Waals surface area contributed by atoms with Gasteiger partial charge in [0.2, 0.25) is 0 Å². The Morgan fingerprint density at radius 1 is 1.07 bits per heavy atom. The minimum absolute atomic E-state index is 0.109. The molecule has 0 spiro atoms. The lowest BCUT2D eigenvalue weighted by atomic mass is 10.1. The number of nitrogens with one attached hydrogen (secondary N) is 1. The second-order valence-corrected chi connectivity index (χ2v) is 7.17. The number of carbonyl (C=O) groups is 2. The zero-order chi connectivity index (χ0) is 21.1. The SMILES string of the molecule is CCOC(=O)c1ccc2c(c1)n(CC(=O)Nc1ccc(C)cc1C)c(C)[n+]2CC. The average molecular weight is 394 g/mol. The summed E-state index contributed by atoms with van der Waals surface area (Å²) in [4.78, 5) is 25.0. The molecule has 0 aliphatic heterocycles. The van der Waals surface area contributed by atoms with Gasteiger partial charge in [0.1, 0.15) is 0 Å². The Balaban J connectivity index is 1.96. The largest absolute Gasteiger partial charge is 0.462 e. The quantitative estimate of drug-likeness (QED) is 0.512. The van der Waals surface area contributed by atoms with Crippen LogP contribution in [0, 0.1) is 20.8 Å². The van der Waals surface area contributed by atoms with Gasteiger partial charge in [-0.25, -0.2) is 13.9 Å². The predicted molar refractivity (Wildman–Crippen MR) is 113 cm³/mol. The molecular formula is C23H28N3O3+. The van der Waals surface area contributed by atoms with Crippen molar-refractivity contribution in [1.82, 2.24) is 4.57 Å². The summed E-state index contributed by atoms with van der Waals surface area (Å²) in [6.07, 6.45) is 0. The molecule has 0 saturated heterocycles. The van der Waals surface area contributed by atoms with Crippen molar-refractivity contribution in [3.63, 3.8) is 0 Å². The van der Waals surface area contributed by atoms with E-state index in [1.54, 1.807) is 19.1 Å². The van der Waals surface area contributed by atoms with E-state index in [0.717, 1.165) is 40.2 Å². The fourth-order valence-electron chi connectivity index (χ4n) is 3.69. The number of esters is 1. The first kappa shape index (κ1) is 20.6. The molecule has 0 radical (unpaired) electrons. The van der Waals surface area contributed by atoms with Crippen LogP contribution in [-0.2, 0) is 22.6 Å². The van der Waals surface area contributed by atoms with Gasteiger partial charge < -0.3 is 10.1 Å². The normalized spacial score (nSPS) is 10.9. The van der Waals surface area contributed by atoms with Crippen LogP contribution in [0.15, 0.2) is 36.4 Å². The van der Waals surface area contributed by atoms with E-state index in [9.17, 15) is 9.59 Å². The lowest BCUT2D eigenvalue weighted by Crippen LogP contribution is -2.35. The van der Waals surface area contributed by atoms with E-state index in [-0.39, 0.29) is 18.4 Å². The molecule has 3 aromatic rings. The summed E-state index contributed by atoms with van der Waals surface area (Å²) in [7, 11) is 0. The molecule has 0 bridgehead atoms. The summed E-state index contributed by atoms with van der Waals surface area (Å²) in [6, 6.07) is 11.4. The van der Waals surface area contributed by atoms with E-state index in [4.69, 9.17) is 4.74 Å². The number of aryl methyl sites for hydroxylation is 3. The van der Waals surface area contributed by atoms with Gasteiger partial charge in [-0.2, -0.15) is 0 Å². The van der Waals surface area contributed by atoms with Crippen LogP contribution in [0.5, 0.6) is 0 Å². The first-order valence-electron chi connectivity index (χ1n) is 9.92. The van der Waals surface area contributed by atoms with Crippen molar-refractivity contribution in [2.75, 3.05) is 11.9 Å². The van der Waals surface area contributed by atoms with Gasteiger partial charge in [-0.1, -0.05) is 17.7 Å². The lowest BCUT2D eigenvalue weighted by Gasteiger charge is -2.09. The maximum absolute atomic E-state index is 12.8. The Morgan fingerprint density at radius 2 is 1.83 bits per heavy atom. The second-order valence-electron chi connectivity index (χ2n) is 7.17. The van der Waals surface area contributed by atoms with Crippen LogP contribution in [0.25, 0.3) is 11.0 Å². The molecule has 0 saturated carbocycles. The van der Waals surface area contributed by atoms with Crippen molar-refractivity contribution >= 4 is 28.6 Å². The van der Waals surface area contributed by atoms with E-state index in [1.165, 1.54) is 0 Å². The topological polar surface area (TPSA) is 64.2 Å². The van der Waals surface area contributed by atoms with Crippen molar-refractivity contribution in [3.05, 3.63) is 58.9 Å². The second kappa shape index (κ2) is 8.47. The van der Waals surface area contributed by atoms with Crippen LogP contribution in [0.2, 0.25) is 0 Å². The number of hydrogen-bond donors (Lipinski definition) is 1. The van der Waals surface area contributed by atoms with Crippen LogP contribution < -0.4 is 9.88 Å². The van der Waals surface area contributed by atoms with Crippen molar-refractivity contribution < 1.29 is 18.9 Å². The third-order valence-electron chi connectivity index (χ3n) is 5.12. The van der Waals surface area contributed by atoms with Crippen LogP contribution in [0.1, 0.15) is 41.2 Å². The molecule has 1 heterocycles. The molecule has 3 rings (SSSR count). The number of nitrogens with zero attached hydrogens (tertiary/aromatic N) is 2. The number of rotatable bonds is 6. The fourth-order valence-corrected chi connectivity index (χ4v) is 3.69. The summed E-state index contributed by atoms with van der Waals surface area (Å²) >= 11 is 0. The van der Waals surface area contributed by atoms with E-state index < -0.39 is 0 Å². The lowest BCUT2D eigenvalue weighted by molar-refractivity contribution is -0.674. The van der Waals surface area contributed by atoms with Crippen molar-refractivity contribution in [1.29, 1.82) is 0 Å². The smallest absolute Gasteiger partial charge is 0.338 e. The van der Waals surface area contributed by atoms with Gasteiger partial charge in [0.15, 0.2) is 17.6 Å². The predicted octanol–water partition coefficient (Wildman–Crippen LogP) is 3.69. The molecule has 0 atom stereocenters. The molecular weight excluding hydrogens is 366 g/mol. The molecule has 152 valence electrons. The first-order valence-corrected chi connectivity index (χ1v) is 9.92. The number of benzene rings is 2.